The Kier molecular flexibility index (Phi) is 4.55. The van der Waals surface area contributed by atoms with Crippen molar-refractivity contribution in [3.8, 4) is 11.3 Å². The monoisotopic (exact) mass is 435 g/mol. The second kappa shape index (κ2) is 6.45. The average molecular weight is 437 g/mol. The highest BCUT2D eigenvalue weighted by atomic mass is 79.9. The summed E-state index contributed by atoms with van der Waals surface area (Å²) in [5.41, 5.74) is 3.66. The smallest absolute Gasteiger partial charge is 0.225 e. The number of rotatable bonds is 3. The molecule has 0 bridgehead atoms. The second-order valence-corrected chi connectivity index (χ2v) is 7.05. The van der Waals surface area contributed by atoms with E-state index in [4.69, 9.17) is 4.98 Å². The maximum atomic E-state index is 12.0. The summed E-state index contributed by atoms with van der Waals surface area (Å²) in [6, 6.07) is 10.0. The molecule has 0 radical (unpaired) electrons. The Morgan fingerprint density at radius 1 is 1.26 bits per heavy atom. The summed E-state index contributed by atoms with van der Waals surface area (Å²) in [7, 11) is 0. The third-order valence-electron chi connectivity index (χ3n) is 3.55. The van der Waals surface area contributed by atoms with E-state index in [0.29, 0.717) is 12.2 Å². The van der Waals surface area contributed by atoms with Crippen LogP contribution in [-0.2, 0) is 4.79 Å². The first kappa shape index (κ1) is 16.2. The third kappa shape index (κ3) is 3.19. The fraction of sp³-hybridized carbons (Fsp3) is 0.176. The first-order valence-corrected chi connectivity index (χ1v) is 8.82. The Morgan fingerprint density at radius 2 is 1.96 bits per heavy atom. The van der Waals surface area contributed by atoms with E-state index in [1.807, 2.05) is 54.8 Å². The number of carbonyl (C=O) groups is 1. The van der Waals surface area contributed by atoms with Gasteiger partial charge in [-0.2, -0.15) is 0 Å². The molecule has 0 aliphatic carbocycles. The Hall–Kier alpha value is -1.66. The number of aryl methyl sites for hydroxylation is 1. The van der Waals surface area contributed by atoms with Crippen LogP contribution in [0, 0.1) is 6.92 Å². The number of carbonyl (C=O) groups excluding carboxylic acids is 1. The molecule has 3 rings (SSSR count). The zero-order valence-electron chi connectivity index (χ0n) is 12.7. The number of halogens is 2. The van der Waals surface area contributed by atoms with Gasteiger partial charge in [0.15, 0.2) is 5.65 Å². The largest absolute Gasteiger partial charge is 0.310 e. The minimum Gasteiger partial charge on any atom is -0.310 e. The first-order valence-electron chi connectivity index (χ1n) is 7.23. The number of pyridine rings is 1. The predicted molar refractivity (Wildman–Crippen MR) is 99.7 cm³/mol. The van der Waals surface area contributed by atoms with Gasteiger partial charge in [0.1, 0.15) is 11.5 Å². The lowest BCUT2D eigenvalue weighted by molar-refractivity contribution is -0.115. The lowest BCUT2D eigenvalue weighted by Crippen LogP contribution is -2.12. The summed E-state index contributed by atoms with van der Waals surface area (Å²) < 4.78 is 3.64. The molecule has 2 heterocycles. The minimum atomic E-state index is -0.0451. The molecule has 0 spiro atoms. The van der Waals surface area contributed by atoms with Gasteiger partial charge in [-0.3, -0.25) is 9.20 Å². The fourth-order valence-corrected chi connectivity index (χ4v) is 3.59. The maximum Gasteiger partial charge on any atom is 0.225 e. The lowest BCUT2D eigenvalue weighted by Gasteiger charge is -2.07. The number of imidazole rings is 1. The van der Waals surface area contributed by atoms with E-state index in [-0.39, 0.29) is 5.91 Å². The summed E-state index contributed by atoms with van der Waals surface area (Å²) in [5.74, 6) is 0.633. The summed E-state index contributed by atoms with van der Waals surface area (Å²) in [5, 5.41) is 2.97. The number of hydrogen-bond acceptors (Lipinski definition) is 2. The SMILES string of the molecule is CCC(=O)Nc1c(-c2ccc(C)cc2)nc2c(Br)cc(Br)cn12. The standard InChI is InChI=1S/C17H15Br2N3O/c1-3-14(23)20-17-15(11-6-4-10(2)5-7-11)21-16-13(19)8-12(18)9-22(16)17/h4-9H,3H2,1-2H3,(H,20,23). The lowest BCUT2D eigenvalue weighted by atomic mass is 10.1. The van der Waals surface area contributed by atoms with Gasteiger partial charge in [0.2, 0.25) is 5.91 Å². The molecule has 1 N–H and O–H groups in total. The Labute approximate surface area is 151 Å². The topological polar surface area (TPSA) is 46.4 Å². The highest BCUT2D eigenvalue weighted by molar-refractivity contribution is 9.11. The molecule has 0 atom stereocenters. The predicted octanol–water partition coefficient (Wildman–Crippen LogP) is 5.18. The van der Waals surface area contributed by atoms with E-state index in [0.717, 1.165) is 25.8 Å². The molecule has 23 heavy (non-hydrogen) atoms. The van der Waals surface area contributed by atoms with E-state index in [2.05, 4.69) is 37.2 Å². The van der Waals surface area contributed by atoms with Crippen molar-refractivity contribution < 1.29 is 4.79 Å². The van der Waals surface area contributed by atoms with Gasteiger partial charge in [-0.15, -0.1) is 0 Å². The van der Waals surface area contributed by atoms with Crippen molar-refractivity contribution in [2.75, 3.05) is 5.32 Å². The van der Waals surface area contributed by atoms with Crippen LogP contribution in [0.5, 0.6) is 0 Å². The number of benzene rings is 1. The average Bonchev–Trinajstić information content (AvgIpc) is 2.87. The van der Waals surface area contributed by atoms with Crippen molar-refractivity contribution >= 4 is 49.2 Å². The summed E-state index contributed by atoms with van der Waals surface area (Å²) in [6.07, 6.45) is 2.31. The van der Waals surface area contributed by atoms with Gasteiger partial charge in [-0.1, -0.05) is 36.8 Å². The molecule has 0 unspecified atom stereocenters. The van der Waals surface area contributed by atoms with Crippen LogP contribution < -0.4 is 5.32 Å². The maximum absolute atomic E-state index is 12.0. The van der Waals surface area contributed by atoms with E-state index >= 15 is 0 Å². The number of nitrogens with one attached hydrogen (secondary N) is 1. The van der Waals surface area contributed by atoms with Crippen molar-refractivity contribution in [2.45, 2.75) is 20.3 Å². The molecule has 6 heteroatoms. The van der Waals surface area contributed by atoms with Gasteiger partial charge in [-0.25, -0.2) is 4.98 Å². The van der Waals surface area contributed by atoms with Gasteiger partial charge >= 0.3 is 0 Å². The van der Waals surface area contributed by atoms with Crippen LogP contribution in [0.15, 0.2) is 45.5 Å². The molecule has 118 valence electrons. The van der Waals surface area contributed by atoms with Crippen molar-refractivity contribution in [3.63, 3.8) is 0 Å². The summed E-state index contributed by atoms with van der Waals surface area (Å²) in [6.45, 7) is 3.87. The number of fused-ring (bicyclic) bond motifs is 1. The molecule has 1 amide bonds. The second-order valence-electron chi connectivity index (χ2n) is 5.28. The van der Waals surface area contributed by atoms with E-state index in [1.54, 1.807) is 0 Å². The van der Waals surface area contributed by atoms with Crippen LogP contribution in [0.2, 0.25) is 0 Å². The molecule has 3 aromatic rings. The molecular formula is C17H15Br2N3O. The molecule has 0 aliphatic rings. The van der Waals surface area contributed by atoms with Crippen LogP contribution in [0.3, 0.4) is 0 Å². The van der Waals surface area contributed by atoms with Gasteiger partial charge in [0.25, 0.3) is 0 Å². The van der Waals surface area contributed by atoms with E-state index in [9.17, 15) is 4.79 Å². The number of anilines is 1. The Balaban J connectivity index is 2.26. The molecular weight excluding hydrogens is 422 g/mol. The van der Waals surface area contributed by atoms with Gasteiger partial charge in [0.05, 0.1) is 4.47 Å². The van der Waals surface area contributed by atoms with Crippen LogP contribution in [-0.4, -0.2) is 15.3 Å². The van der Waals surface area contributed by atoms with Gasteiger partial charge in [0, 0.05) is 22.7 Å². The highest BCUT2D eigenvalue weighted by Gasteiger charge is 2.18. The van der Waals surface area contributed by atoms with Crippen LogP contribution in [0.4, 0.5) is 5.82 Å². The number of hydrogen-bond donors (Lipinski definition) is 1. The molecule has 0 aliphatic heterocycles. The fourth-order valence-electron chi connectivity index (χ4n) is 2.33. The van der Waals surface area contributed by atoms with Gasteiger partial charge < -0.3 is 5.32 Å². The minimum absolute atomic E-state index is 0.0451. The van der Waals surface area contributed by atoms with Crippen molar-refractivity contribution in [1.29, 1.82) is 0 Å². The zero-order chi connectivity index (χ0) is 16.6. The van der Waals surface area contributed by atoms with Crippen molar-refractivity contribution in [3.05, 3.63) is 51.0 Å². The molecule has 0 fully saturated rings. The Bertz CT molecular complexity index is 885. The third-order valence-corrected chi connectivity index (χ3v) is 4.56. The molecule has 2 aromatic heterocycles. The van der Waals surface area contributed by atoms with Gasteiger partial charge in [-0.05, 0) is 44.8 Å². The van der Waals surface area contributed by atoms with Crippen LogP contribution in [0.25, 0.3) is 16.9 Å². The molecule has 4 nitrogen and oxygen atoms in total. The quantitative estimate of drug-likeness (QED) is 0.614. The molecule has 0 saturated heterocycles. The normalized spacial score (nSPS) is 11.0. The van der Waals surface area contributed by atoms with Crippen molar-refractivity contribution in [1.82, 2.24) is 9.38 Å². The molecule has 0 saturated carbocycles. The molecule has 1 aromatic carbocycles. The summed E-state index contributed by atoms with van der Waals surface area (Å²) >= 11 is 7.02. The number of aromatic nitrogens is 2. The van der Waals surface area contributed by atoms with E-state index < -0.39 is 0 Å². The zero-order valence-corrected chi connectivity index (χ0v) is 15.9. The highest BCUT2D eigenvalue weighted by Crippen LogP contribution is 2.33. The van der Waals surface area contributed by atoms with E-state index in [1.165, 1.54) is 5.56 Å². The van der Waals surface area contributed by atoms with Crippen LogP contribution >= 0.6 is 31.9 Å². The summed E-state index contributed by atoms with van der Waals surface area (Å²) in [4.78, 5) is 16.7. The Morgan fingerprint density at radius 3 is 2.61 bits per heavy atom. The number of nitrogens with zero attached hydrogens (tertiary/aromatic N) is 2. The number of amides is 1. The first-order chi connectivity index (χ1) is 11.0. The van der Waals surface area contributed by atoms with Crippen molar-refractivity contribution in [2.24, 2.45) is 0 Å². The van der Waals surface area contributed by atoms with Crippen LogP contribution in [0.1, 0.15) is 18.9 Å².